The maximum atomic E-state index is 12.5. The molecule has 2 rings (SSSR count). The molecule has 0 aromatic rings. The summed E-state index contributed by atoms with van der Waals surface area (Å²) in [6, 6.07) is 0. The highest BCUT2D eigenvalue weighted by Crippen LogP contribution is 2.60. The van der Waals surface area contributed by atoms with Crippen molar-refractivity contribution in [1.29, 1.82) is 0 Å². The van der Waals surface area contributed by atoms with Gasteiger partial charge in [-0.1, -0.05) is 31.6 Å². The normalized spacial score (nSPS) is 29.3. The van der Waals surface area contributed by atoms with Gasteiger partial charge in [-0.05, 0) is 44.1 Å². The first-order valence-electron chi connectivity index (χ1n) is 7.89. The molecule has 3 nitrogen and oxygen atoms in total. The van der Waals surface area contributed by atoms with Crippen molar-refractivity contribution in [3.05, 3.63) is 35.5 Å². The molecule has 0 radical (unpaired) electrons. The second-order valence-corrected chi connectivity index (χ2v) is 7.28. The fourth-order valence-electron chi connectivity index (χ4n) is 3.42. The number of carbonyl (C=O) groups is 2. The smallest absolute Gasteiger partial charge is 0.310 e. The number of Topliss-reactive ketones (excluding diaryl/α,β-unsaturated/α-hetero) is 1. The van der Waals surface area contributed by atoms with E-state index < -0.39 is 6.10 Å². The summed E-state index contributed by atoms with van der Waals surface area (Å²) in [5.41, 5.74) is 2.80. The minimum absolute atomic E-state index is 0.0570. The van der Waals surface area contributed by atoms with Crippen molar-refractivity contribution < 1.29 is 14.3 Å². The van der Waals surface area contributed by atoms with Crippen LogP contribution in [0.3, 0.4) is 0 Å². The maximum Gasteiger partial charge on any atom is 0.310 e. The second-order valence-electron chi connectivity index (χ2n) is 7.28. The summed E-state index contributed by atoms with van der Waals surface area (Å²) in [5.74, 6) is 0.0309. The highest BCUT2D eigenvalue weighted by molar-refractivity contribution is 6.00. The zero-order chi connectivity index (χ0) is 16.7. The monoisotopic (exact) mass is 302 g/mol. The Kier molecular flexibility index (Phi) is 4.46. The van der Waals surface area contributed by atoms with E-state index in [0.717, 1.165) is 11.1 Å². The van der Waals surface area contributed by atoms with Gasteiger partial charge in [0.05, 0.1) is 12.3 Å². The highest BCUT2D eigenvalue weighted by atomic mass is 16.5. The van der Waals surface area contributed by atoms with Gasteiger partial charge in [-0.3, -0.25) is 9.59 Å². The number of carbonyl (C=O) groups excluding carboxylic acids is 2. The Labute approximate surface area is 133 Å². The summed E-state index contributed by atoms with van der Waals surface area (Å²) in [6.45, 7) is 13.8. The Morgan fingerprint density at radius 2 is 2.05 bits per heavy atom. The van der Waals surface area contributed by atoms with Crippen LogP contribution in [0, 0.1) is 17.3 Å². The van der Waals surface area contributed by atoms with Crippen molar-refractivity contribution in [2.24, 2.45) is 17.3 Å². The Balaban J connectivity index is 2.07. The molecule has 2 aliphatic carbocycles. The zero-order valence-electron chi connectivity index (χ0n) is 14.2. The molecule has 1 fully saturated rings. The van der Waals surface area contributed by atoms with E-state index in [9.17, 15) is 9.59 Å². The van der Waals surface area contributed by atoms with Crippen molar-refractivity contribution in [2.45, 2.75) is 53.6 Å². The van der Waals surface area contributed by atoms with E-state index >= 15 is 0 Å². The predicted molar refractivity (Wildman–Crippen MR) is 87.2 cm³/mol. The number of rotatable bonds is 5. The molecule has 0 N–H and O–H groups in total. The lowest BCUT2D eigenvalue weighted by Gasteiger charge is -2.13. The summed E-state index contributed by atoms with van der Waals surface area (Å²) < 4.78 is 5.66. The lowest BCUT2D eigenvalue weighted by molar-refractivity contribution is -0.150. The molecule has 22 heavy (non-hydrogen) atoms. The SMILES string of the molecule is C=CCC1=C(C)[C@H](OC(=O)C2C(C=C(C)C)C2(C)C)CC1=O. The summed E-state index contributed by atoms with van der Waals surface area (Å²) in [6.07, 6.45) is 4.31. The molecule has 0 aromatic heterocycles. The molecule has 120 valence electrons. The molecule has 0 aliphatic heterocycles. The van der Waals surface area contributed by atoms with Crippen LogP contribution in [0.15, 0.2) is 35.5 Å². The minimum atomic E-state index is -0.390. The van der Waals surface area contributed by atoms with E-state index in [0.29, 0.717) is 6.42 Å². The van der Waals surface area contributed by atoms with Gasteiger partial charge in [-0.25, -0.2) is 0 Å². The Bertz CT molecular complexity index is 573. The van der Waals surface area contributed by atoms with Gasteiger partial charge in [0.15, 0.2) is 5.78 Å². The molecule has 2 aliphatic rings. The number of esters is 1. The van der Waals surface area contributed by atoms with Crippen LogP contribution in [-0.2, 0) is 14.3 Å². The summed E-state index contributed by atoms with van der Waals surface area (Å²) in [7, 11) is 0. The van der Waals surface area contributed by atoms with Crippen molar-refractivity contribution in [3.63, 3.8) is 0 Å². The third kappa shape index (κ3) is 2.94. The molecule has 3 atom stereocenters. The second kappa shape index (κ2) is 5.86. The number of hydrogen-bond acceptors (Lipinski definition) is 3. The van der Waals surface area contributed by atoms with Crippen LogP contribution in [0.25, 0.3) is 0 Å². The lowest BCUT2D eigenvalue weighted by atomic mass is 10.1. The van der Waals surface area contributed by atoms with Crippen molar-refractivity contribution in [2.75, 3.05) is 0 Å². The third-order valence-electron chi connectivity index (χ3n) is 4.95. The largest absolute Gasteiger partial charge is 0.457 e. The number of ether oxygens (including phenoxy) is 1. The standard InChI is InChI=1S/C19H26O3/c1-7-8-13-12(4)16(10-15(13)20)22-18(21)17-14(9-11(2)3)19(17,5)6/h7,9,14,16-17H,1,8,10H2,2-6H3/t14?,16-,17?/m1/s1. The summed E-state index contributed by atoms with van der Waals surface area (Å²) in [4.78, 5) is 24.5. The lowest BCUT2D eigenvalue weighted by Crippen LogP contribution is -2.20. The van der Waals surface area contributed by atoms with E-state index in [4.69, 9.17) is 4.74 Å². The Morgan fingerprint density at radius 1 is 1.41 bits per heavy atom. The molecule has 0 spiro atoms. The summed E-state index contributed by atoms with van der Waals surface area (Å²) >= 11 is 0. The van der Waals surface area contributed by atoms with Gasteiger partial charge in [-0.15, -0.1) is 6.58 Å². The van der Waals surface area contributed by atoms with Gasteiger partial charge >= 0.3 is 5.97 Å². The van der Waals surface area contributed by atoms with Gasteiger partial charge < -0.3 is 4.74 Å². The van der Waals surface area contributed by atoms with Crippen LogP contribution in [0.4, 0.5) is 0 Å². The van der Waals surface area contributed by atoms with Crippen LogP contribution in [0.1, 0.15) is 47.5 Å². The van der Waals surface area contributed by atoms with Crippen LogP contribution >= 0.6 is 0 Å². The fourth-order valence-corrected chi connectivity index (χ4v) is 3.42. The molecule has 3 heteroatoms. The molecule has 0 aromatic carbocycles. The quantitative estimate of drug-likeness (QED) is 0.569. The topological polar surface area (TPSA) is 43.4 Å². The Morgan fingerprint density at radius 3 is 2.59 bits per heavy atom. The van der Waals surface area contributed by atoms with Gasteiger partial charge in [0.1, 0.15) is 6.10 Å². The van der Waals surface area contributed by atoms with E-state index in [-0.39, 0.29) is 35.4 Å². The van der Waals surface area contributed by atoms with E-state index in [1.807, 2.05) is 20.8 Å². The molecule has 0 amide bonds. The van der Waals surface area contributed by atoms with E-state index in [2.05, 4.69) is 26.5 Å². The molecule has 2 unspecified atom stereocenters. The predicted octanol–water partition coefficient (Wildman–Crippen LogP) is 4.00. The van der Waals surface area contributed by atoms with Crippen LogP contribution < -0.4 is 0 Å². The molecular formula is C19H26O3. The van der Waals surface area contributed by atoms with Crippen LogP contribution in [0.5, 0.6) is 0 Å². The highest BCUT2D eigenvalue weighted by Gasteiger charge is 2.61. The van der Waals surface area contributed by atoms with E-state index in [1.165, 1.54) is 5.57 Å². The number of allylic oxidation sites excluding steroid dienone is 4. The molecular weight excluding hydrogens is 276 g/mol. The zero-order valence-corrected chi connectivity index (χ0v) is 14.2. The average Bonchev–Trinajstić information content (AvgIpc) is 2.83. The fraction of sp³-hybridized carbons (Fsp3) is 0.579. The van der Waals surface area contributed by atoms with Gasteiger partial charge in [0.2, 0.25) is 0 Å². The van der Waals surface area contributed by atoms with Gasteiger partial charge in [-0.2, -0.15) is 0 Å². The van der Waals surface area contributed by atoms with Gasteiger partial charge in [0, 0.05) is 5.57 Å². The minimum Gasteiger partial charge on any atom is -0.457 e. The third-order valence-corrected chi connectivity index (χ3v) is 4.95. The first-order chi connectivity index (χ1) is 10.2. The van der Waals surface area contributed by atoms with E-state index in [1.54, 1.807) is 6.08 Å². The first-order valence-corrected chi connectivity index (χ1v) is 7.89. The van der Waals surface area contributed by atoms with Crippen LogP contribution in [0.2, 0.25) is 0 Å². The van der Waals surface area contributed by atoms with Crippen molar-refractivity contribution in [1.82, 2.24) is 0 Å². The first kappa shape index (κ1) is 16.7. The maximum absolute atomic E-state index is 12.5. The average molecular weight is 302 g/mol. The number of ketones is 1. The molecule has 0 heterocycles. The molecule has 1 saturated carbocycles. The van der Waals surface area contributed by atoms with Crippen molar-refractivity contribution >= 4 is 11.8 Å². The van der Waals surface area contributed by atoms with Crippen molar-refractivity contribution in [3.8, 4) is 0 Å². The molecule has 0 bridgehead atoms. The summed E-state index contributed by atoms with van der Waals surface area (Å²) in [5, 5.41) is 0. The molecule has 0 saturated heterocycles. The Hall–Kier alpha value is -1.64. The number of hydrogen-bond donors (Lipinski definition) is 0. The van der Waals surface area contributed by atoms with Crippen LogP contribution in [-0.4, -0.2) is 17.9 Å². The van der Waals surface area contributed by atoms with Gasteiger partial charge in [0.25, 0.3) is 0 Å².